The molecule has 4 aromatic rings. The molecule has 9 heteroatoms. The van der Waals surface area contributed by atoms with E-state index in [1.54, 1.807) is 30.5 Å². The van der Waals surface area contributed by atoms with Crippen LogP contribution in [0.1, 0.15) is 15.9 Å². The van der Waals surface area contributed by atoms with Crippen molar-refractivity contribution >= 4 is 34.1 Å². The zero-order chi connectivity index (χ0) is 20.4. The first-order chi connectivity index (χ1) is 14.0. The zero-order valence-corrected chi connectivity index (χ0v) is 17.0. The van der Waals surface area contributed by atoms with Crippen LogP contribution in [0.2, 0.25) is 0 Å². The van der Waals surface area contributed by atoms with Crippen LogP contribution < -0.4 is 34.6 Å². The van der Waals surface area contributed by atoms with Gasteiger partial charge in [0.1, 0.15) is 5.75 Å². The van der Waals surface area contributed by atoms with Crippen LogP contribution in [-0.4, -0.2) is 26.5 Å². The summed E-state index contributed by atoms with van der Waals surface area (Å²) in [4.78, 5) is 19.7. The fourth-order valence-electron chi connectivity index (χ4n) is 3.01. The molecule has 0 aliphatic rings. The van der Waals surface area contributed by atoms with Gasteiger partial charge in [0, 0.05) is 34.4 Å². The van der Waals surface area contributed by atoms with E-state index in [0.29, 0.717) is 29.0 Å². The average Bonchev–Trinajstić information content (AvgIpc) is 2.72. The third-order valence-electron chi connectivity index (χ3n) is 4.48. The Labute approximate surface area is 190 Å². The van der Waals surface area contributed by atoms with Gasteiger partial charge < -0.3 is 26.4 Å². The van der Waals surface area contributed by atoms with Gasteiger partial charge in [-0.3, -0.25) is 0 Å². The molecule has 0 radical (unpaired) electrons. The van der Waals surface area contributed by atoms with Crippen LogP contribution in [0.15, 0.2) is 66.9 Å². The molecule has 0 bridgehead atoms. The van der Waals surface area contributed by atoms with E-state index in [4.69, 9.17) is 15.6 Å². The van der Waals surface area contributed by atoms with Gasteiger partial charge in [0.2, 0.25) is 11.8 Å². The van der Waals surface area contributed by atoms with Gasteiger partial charge >= 0.3 is 24.8 Å². The number of fused-ring (bicyclic) bond motifs is 1. The van der Waals surface area contributed by atoms with Gasteiger partial charge in [-0.2, -0.15) is 4.98 Å². The normalized spacial score (nSPS) is 9.97. The van der Waals surface area contributed by atoms with E-state index < -0.39 is 5.97 Å². The minimum absolute atomic E-state index is 0. The number of benzene rings is 3. The van der Waals surface area contributed by atoms with Crippen molar-refractivity contribution in [1.82, 2.24) is 9.97 Å². The van der Waals surface area contributed by atoms with E-state index in [0.717, 1.165) is 16.3 Å². The number of anilines is 3. The predicted octanol–water partition coefficient (Wildman–Crippen LogP) is 1.58. The molecule has 8 nitrogen and oxygen atoms in total. The van der Waals surface area contributed by atoms with Gasteiger partial charge in [-0.15, -0.1) is 0 Å². The molecule has 1 heterocycles. The molecule has 0 fully saturated rings. The Morgan fingerprint density at radius 3 is 2.52 bits per heavy atom. The SMILES string of the molecule is Cc1cc(C(=O)O)ccc1Nc1nccc(Oc2ccc(N)c3ccccc23)n1.[Li+].[OH-]. The van der Waals surface area contributed by atoms with E-state index in [1.165, 1.54) is 6.07 Å². The fraction of sp³-hybridized carbons (Fsp3) is 0.0455. The van der Waals surface area contributed by atoms with Gasteiger partial charge in [-0.1, -0.05) is 24.3 Å². The first kappa shape index (κ1) is 23.7. The van der Waals surface area contributed by atoms with Crippen molar-refractivity contribution < 1.29 is 39.0 Å². The monoisotopic (exact) mass is 410 g/mol. The summed E-state index contributed by atoms with van der Waals surface area (Å²) < 4.78 is 5.98. The maximum Gasteiger partial charge on any atom is 1.00 e. The summed E-state index contributed by atoms with van der Waals surface area (Å²) in [6.07, 6.45) is 1.59. The number of nitrogens with two attached hydrogens (primary N) is 1. The van der Waals surface area contributed by atoms with Crippen LogP contribution in [-0.2, 0) is 0 Å². The Hall–Kier alpha value is -3.57. The molecule has 3 aromatic carbocycles. The van der Waals surface area contributed by atoms with Crippen molar-refractivity contribution in [3.8, 4) is 11.6 Å². The number of hydrogen-bond donors (Lipinski definition) is 3. The minimum atomic E-state index is -0.970. The molecule has 0 aliphatic heterocycles. The molecule has 0 aliphatic carbocycles. The number of aromatic carboxylic acids is 1. The standard InChI is InChI=1S/C22H18N4O3.Li.H2O/c1-13-12-14(21(27)28)6-8-18(13)25-22-24-11-10-20(26-22)29-19-9-7-17(23)15-4-2-3-5-16(15)19;;/h2-12H,23H2,1H3,(H,27,28)(H,24,25,26);;1H2/q;+1;/p-1. The largest absolute Gasteiger partial charge is 1.00 e. The number of carboxylic acids is 1. The molecular weight excluding hydrogens is 391 g/mol. The number of carboxylic acid groups (broad SMARTS) is 1. The Morgan fingerprint density at radius 1 is 1.06 bits per heavy atom. The summed E-state index contributed by atoms with van der Waals surface area (Å²) in [5, 5.41) is 14.0. The fourth-order valence-corrected chi connectivity index (χ4v) is 3.01. The summed E-state index contributed by atoms with van der Waals surface area (Å²) in [6.45, 7) is 1.82. The zero-order valence-electron chi connectivity index (χ0n) is 17.0. The number of rotatable bonds is 5. The maximum atomic E-state index is 11.1. The summed E-state index contributed by atoms with van der Waals surface area (Å²) in [7, 11) is 0. The van der Waals surface area contributed by atoms with Crippen molar-refractivity contribution in [3.05, 3.63) is 78.0 Å². The number of hydrogen-bond acceptors (Lipinski definition) is 7. The van der Waals surface area contributed by atoms with Crippen molar-refractivity contribution in [3.63, 3.8) is 0 Å². The number of carbonyl (C=O) groups is 1. The third kappa shape index (κ3) is 5.13. The number of nitrogen functional groups attached to an aromatic ring is 1. The molecule has 0 saturated carbocycles. The molecular formula is C22H19LiN4O4. The first-order valence-electron chi connectivity index (χ1n) is 8.90. The maximum absolute atomic E-state index is 11.1. The molecule has 5 N–H and O–H groups in total. The van der Waals surface area contributed by atoms with Crippen molar-refractivity contribution in [1.29, 1.82) is 0 Å². The van der Waals surface area contributed by atoms with E-state index in [1.807, 2.05) is 37.3 Å². The smallest absolute Gasteiger partial charge is 0.870 e. The van der Waals surface area contributed by atoms with E-state index in [-0.39, 0.29) is 29.9 Å². The van der Waals surface area contributed by atoms with Crippen molar-refractivity contribution in [2.45, 2.75) is 6.92 Å². The molecule has 0 unspecified atom stereocenters. The van der Waals surface area contributed by atoms with Crippen LogP contribution >= 0.6 is 0 Å². The molecule has 31 heavy (non-hydrogen) atoms. The van der Waals surface area contributed by atoms with E-state index in [2.05, 4.69) is 15.3 Å². The third-order valence-corrected chi connectivity index (χ3v) is 4.48. The number of ether oxygens (including phenoxy) is 1. The number of aryl methyl sites for hydroxylation is 1. The minimum Gasteiger partial charge on any atom is -0.870 e. The second-order valence-electron chi connectivity index (χ2n) is 6.48. The Morgan fingerprint density at radius 2 is 1.81 bits per heavy atom. The van der Waals surface area contributed by atoms with E-state index in [9.17, 15) is 4.79 Å². The molecule has 0 saturated heterocycles. The quantitative estimate of drug-likeness (QED) is 0.333. The molecule has 152 valence electrons. The second kappa shape index (κ2) is 9.96. The predicted molar refractivity (Wildman–Crippen MR) is 114 cm³/mol. The number of aromatic nitrogens is 2. The summed E-state index contributed by atoms with van der Waals surface area (Å²) in [6, 6.07) is 17.8. The molecule has 1 aromatic heterocycles. The average molecular weight is 410 g/mol. The number of nitrogens with zero attached hydrogens (tertiary/aromatic N) is 2. The molecule has 0 spiro atoms. The Kier molecular flexibility index (Phi) is 7.61. The van der Waals surface area contributed by atoms with Crippen LogP contribution in [0.5, 0.6) is 11.6 Å². The molecule has 0 atom stereocenters. The van der Waals surface area contributed by atoms with Crippen LogP contribution in [0.25, 0.3) is 10.8 Å². The Bertz CT molecular complexity index is 1230. The van der Waals surface area contributed by atoms with Crippen LogP contribution in [0.3, 0.4) is 0 Å². The van der Waals surface area contributed by atoms with Gasteiger partial charge in [0.25, 0.3) is 0 Å². The second-order valence-corrected chi connectivity index (χ2v) is 6.48. The van der Waals surface area contributed by atoms with E-state index >= 15 is 0 Å². The summed E-state index contributed by atoms with van der Waals surface area (Å²) in [5.74, 6) is 0.383. The van der Waals surface area contributed by atoms with Crippen LogP contribution in [0.4, 0.5) is 17.3 Å². The topological polar surface area (TPSA) is 140 Å². The van der Waals surface area contributed by atoms with Gasteiger partial charge in [0.05, 0.1) is 5.56 Å². The van der Waals surface area contributed by atoms with Gasteiger partial charge in [-0.25, -0.2) is 9.78 Å². The van der Waals surface area contributed by atoms with Gasteiger partial charge in [0.15, 0.2) is 0 Å². The van der Waals surface area contributed by atoms with Crippen LogP contribution in [0, 0.1) is 6.92 Å². The number of nitrogens with one attached hydrogen (secondary N) is 1. The van der Waals surface area contributed by atoms with Crippen molar-refractivity contribution in [2.75, 3.05) is 11.1 Å². The van der Waals surface area contributed by atoms with Gasteiger partial charge in [-0.05, 0) is 42.8 Å². The molecule has 0 amide bonds. The molecule has 4 rings (SSSR count). The summed E-state index contributed by atoms with van der Waals surface area (Å²) >= 11 is 0. The summed E-state index contributed by atoms with van der Waals surface area (Å²) in [5.41, 5.74) is 8.43. The van der Waals surface area contributed by atoms with Crippen molar-refractivity contribution in [2.24, 2.45) is 0 Å². The Balaban J connectivity index is 0.00000171. The first-order valence-corrected chi connectivity index (χ1v) is 8.90.